The van der Waals surface area contributed by atoms with E-state index in [2.05, 4.69) is 108 Å². The van der Waals surface area contributed by atoms with E-state index in [9.17, 15) is 5.26 Å². The zero-order chi connectivity index (χ0) is 31.1. The highest BCUT2D eigenvalue weighted by molar-refractivity contribution is 6.03. The zero-order valence-electron chi connectivity index (χ0n) is 26.4. The van der Waals surface area contributed by atoms with Crippen LogP contribution >= 0.6 is 0 Å². The van der Waals surface area contributed by atoms with Gasteiger partial charge in [0.15, 0.2) is 0 Å². The number of nitrogens with two attached hydrogens (primary N) is 1. The van der Waals surface area contributed by atoms with Gasteiger partial charge in [-0.25, -0.2) is 4.99 Å². The Morgan fingerprint density at radius 3 is 2.23 bits per heavy atom. The molecule has 3 aromatic rings. The average Bonchev–Trinajstić information content (AvgIpc) is 2.98. The predicted octanol–water partition coefficient (Wildman–Crippen LogP) is 8.92. The second kappa shape index (κ2) is 11.2. The molecule has 0 aromatic heterocycles. The molecule has 1 heterocycles. The molecule has 1 aliphatic heterocycles. The lowest BCUT2D eigenvalue weighted by atomic mass is 9.58. The lowest BCUT2D eigenvalue weighted by molar-refractivity contribution is 0.219. The molecule has 1 aliphatic carbocycles. The summed E-state index contributed by atoms with van der Waals surface area (Å²) >= 11 is 0. The van der Waals surface area contributed by atoms with Crippen LogP contribution in [-0.2, 0) is 0 Å². The van der Waals surface area contributed by atoms with Crippen molar-refractivity contribution in [3.63, 3.8) is 0 Å². The average molecular weight is 567 g/mol. The molecular weight excluding hydrogens is 524 g/mol. The van der Waals surface area contributed by atoms with Crippen LogP contribution < -0.4 is 5.73 Å². The molecule has 1 unspecified atom stereocenters. The zero-order valence-corrected chi connectivity index (χ0v) is 26.4. The fourth-order valence-corrected chi connectivity index (χ4v) is 6.91. The molecule has 0 saturated heterocycles. The van der Waals surface area contributed by atoms with E-state index < -0.39 is 0 Å². The summed E-state index contributed by atoms with van der Waals surface area (Å²) < 4.78 is 0. The minimum Gasteiger partial charge on any atom is -0.383 e. The Balaban J connectivity index is 1.42. The van der Waals surface area contributed by atoms with Gasteiger partial charge in [0.25, 0.3) is 0 Å². The Kier molecular flexibility index (Phi) is 7.80. The lowest BCUT2D eigenvalue weighted by Gasteiger charge is -2.51. The van der Waals surface area contributed by atoms with Crippen LogP contribution in [0.5, 0.6) is 0 Å². The first-order valence-corrected chi connectivity index (χ1v) is 14.9. The van der Waals surface area contributed by atoms with Gasteiger partial charge in [0.05, 0.1) is 17.3 Å². The standard InChI is InChI=1S/C39H42N4/c1-25-21-27(3)35(22-26(25)2)42-37(41)33-12-10-9-11-32(33)29(5)43-20-18-36-38(6,7)34(17-19-39(36,8)24-43)31-15-13-30(14-16-31)28(4)23-40/h9-18,21-22H,4-5,19-20,24H2,1-3,6-8H3,(H2,41,42). The van der Waals surface area contributed by atoms with Crippen molar-refractivity contribution >= 4 is 28.4 Å². The van der Waals surface area contributed by atoms with Gasteiger partial charge in [-0.15, -0.1) is 0 Å². The van der Waals surface area contributed by atoms with Crippen LogP contribution in [0.25, 0.3) is 16.8 Å². The van der Waals surface area contributed by atoms with E-state index in [1.54, 1.807) is 0 Å². The second-order valence-corrected chi connectivity index (χ2v) is 12.9. The molecule has 1 atom stereocenters. The van der Waals surface area contributed by atoms with Gasteiger partial charge in [0, 0.05) is 40.7 Å². The van der Waals surface area contributed by atoms with Gasteiger partial charge in [-0.3, -0.25) is 0 Å². The Morgan fingerprint density at radius 1 is 0.907 bits per heavy atom. The molecule has 2 N–H and O–H groups in total. The number of aryl methyl sites for hydroxylation is 3. The number of nitrogens with zero attached hydrogens (tertiary/aromatic N) is 3. The molecule has 0 fully saturated rings. The number of aliphatic imine (C=N–C) groups is 1. The molecule has 43 heavy (non-hydrogen) atoms. The lowest BCUT2D eigenvalue weighted by Crippen LogP contribution is -2.46. The first-order valence-electron chi connectivity index (χ1n) is 14.9. The number of fused-ring (bicyclic) bond motifs is 1. The molecule has 4 heteroatoms. The summed E-state index contributed by atoms with van der Waals surface area (Å²) in [5.74, 6) is 0.498. The highest BCUT2D eigenvalue weighted by Gasteiger charge is 2.46. The summed E-state index contributed by atoms with van der Waals surface area (Å²) in [7, 11) is 0. The minimum absolute atomic E-state index is 0.0334. The van der Waals surface area contributed by atoms with Crippen molar-refractivity contribution in [3.8, 4) is 6.07 Å². The van der Waals surface area contributed by atoms with E-state index in [0.717, 1.165) is 53.1 Å². The van der Waals surface area contributed by atoms with Gasteiger partial charge >= 0.3 is 0 Å². The van der Waals surface area contributed by atoms with Crippen molar-refractivity contribution < 1.29 is 0 Å². The van der Waals surface area contributed by atoms with Gasteiger partial charge in [-0.2, -0.15) is 5.26 Å². The molecule has 0 saturated carbocycles. The van der Waals surface area contributed by atoms with Gasteiger partial charge in [-0.05, 0) is 66.6 Å². The van der Waals surface area contributed by atoms with E-state index in [1.165, 1.54) is 27.8 Å². The van der Waals surface area contributed by atoms with Crippen LogP contribution in [0.2, 0.25) is 0 Å². The van der Waals surface area contributed by atoms with E-state index in [1.807, 2.05) is 30.3 Å². The van der Waals surface area contributed by atoms with Crippen molar-refractivity contribution in [2.75, 3.05) is 13.1 Å². The van der Waals surface area contributed by atoms with E-state index in [-0.39, 0.29) is 10.8 Å². The van der Waals surface area contributed by atoms with Gasteiger partial charge in [0.1, 0.15) is 5.84 Å². The van der Waals surface area contributed by atoms with Crippen molar-refractivity contribution in [3.05, 3.63) is 130 Å². The number of hydrogen-bond acceptors (Lipinski definition) is 3. The number of rotatable bonds is 6. The summed E-state index contributed by atoms with van der Waals surface area (Å²) in [4.78, 5) is 7.25. The molecule has 0 bridgehead atoms. The van der Waals surface area contributed by atoms with Gasteiger partial charge < -0.3 is 10.6 Å². The topological polar surface area (TPSA) is 65.4 Å². The van der Waals surface area contributed by atoms with Crippen LogP contribution in [-0.4, -0.2) is 23.8 Å². The summed E-state index contributed by atoms with van der Waals surface area (Å²) in [5, 5.41) is 9.22. The smallest absolute Gasteiger partial charge is 0.132 e. The fraction of sp³-hybridized carbons (Fsp3) is 0.282. The van der Waals surface area contributed by atoms with Crippen molar-refractivity contribution in [2.45, 2.75) is 48.0 Å². The summed E-state index contributed by atoms with van der Waals surface area (Å²) in [6.07, 6.45) is 5.75. The monoisotopic (exact) mass is 566 g/mol. The number of hydrogen-bond donors (Lipinski definition) is 1. The van der Waals surface area contributed by atoms with E-state index >= 15 is 0 Å². The molecule has 2 aliphatic rings. The highest BCUT2D eigenvalue weighted by atomic mass is 15.1. The molecule has 218 valence electrons. The number of allylic oxidation sites excluding steroid dienone is 3. The third-order valence-corrected chi connectivity index (χ3v) is 9.44. The van der Waals surface area contributed by atoms with Crippen LogP contribution in [0, 0.1) is 42.9 Å². The quantitative estimate of drug-likeness (QED) is 0.140. The summed E-state index contributed by atoms with van der Waals surface area (Å²) in [5.41, 5.74) is 19.2. The van der Waals surface area contributed by atoms with E-state index in [0.29, 0.717) is 11.4 Å². The molecular formula is C39H42N4. The maximum absolute atomic E-state index is 9.22. The Labute approximate surface area is 257 Å². The first kappa shape index (κ1) is 29.9. The van der Waals surface area contributed by atoms with Crippen LogP contribution in [0.15, 0.2) is 96.5 Å². The van der Waals surface area contributed by atoms with Crippen molar-refractivity contribution in [1.82, 2.24) is 4.90 Å². The maximum atomic E-state index is 9.22. The normalized spacial score (nSPS) is 19.6. The van der Waals surface area contributed by atoms with Gasteiger partial charge in [0.2, 0.25) is 0 Å². The molecule has 0 amide bonds. The van der Waals surface area contributed by atoms with Crippen LogP contribution in [0.4, 0.5) is 5.69 Å². The minimum atomic E-state index is -0.132. The number of benzene rings is 3. The Hall–Kier alpha value is -4.62. The number of amidine groups is 1. The number of nitriles is 1. The maximum Gasteiger partial charge on any atom is 0.132 e. The fourth-order valence-electron chi connectivity index (χ4n) is 6.91. The van der Waals surface area contributed by atoms with E-state index in [4.69, 9.17) is 10.7 Å². The van der Waals surface area contributed by atoms with Crippen LogP contribution in [0.1, 0.15) is 66.1 Å². The molecule has 4 nitrogen and oxygen atoms in total. The summed E-state index contributed by atoms with van der Waals surface area (Å²) in [6.45, 7) is 23.4. The van der Waals surface area contributed by atoms with Crippen molar-refractivity contribution in [1.29, 1.82) is 5.26 Å². The first-order chi connectivity index (χ1) is 20.4. The van der Waals surface area contributed by atoms with Crippen LogP contribution in [0.3, 0.4) is 0 Å². The highest BCUT2D eigenvalue weighted by Crippen LogP contribution is 2.55. The molecule has 5 rings (SSSR count). The predicted molar refractivity (Wildman–Crippen MR) is 182 cm³/mol. The van der Waals surface area contributed by atoms with Crippen molar-refractivity contribution in [2.24, 2.45) is 21.6 Å². The third kappa shape index (κ3) is 5.48. The Bertz CT molecular complexity index is 1760. The SMILES string of the molecule is C=C(C#N)c1ccc(C2=CCC3(C)CN(C(=C)c4ccccc4/C(N)=N/c4cc(C)c(C)cc4C)CC=C3C2(C)C)cc1. The Morgan fingerprint density at radius 2 is 1.56 bits per heavy atom. The second-order valence-electron chi connectivity index (χ2n) is 12.9. The largest absolute Gasteiger partial charge is 0.383 e. The molecule has 3 aromatic carbocycles. The molecule has 0 radical (unpaired) electrons. The molecule has 0 spiro atoms. The van der Waals surface area contributed by atoms with Gasteiger partial charge in [-0.1, -0.05) is 106 Å². The third-order valence-electron chi connectivity index (χ3n) is 9.44. The summed E-state index contributed by atoms with van der Waals surface area (Å²) in [6, 6.07) is 22.8.